The molecule has 3 atom stereocenters. The molecular weight excluding hydrogens is 252 g/mol. The third-order valence-corrected chi connectivity index (χ3v) is 3.84. The van der Waals surface area contributed by atoms with Crippen molar-refractivity contribution in [1.29, 1.82) is 0 Å². The summed E-state index contributed by atoms with van der Waals surface area (Å²) >= 11 is 0. The second-order valence-electron chi connectivity index (χ2n) is 5.25. The summed E-state index contributed by atoms with van der Waals surface area (Å²) in [6.45, 7) is 6.68. The van der Waals surface area contributed by atoms with Crippen molar-refractivity contribution in [3.05, 3.63) is 0 Å². The highest BCUT2D eigenvalue weighted by Gasteiger charge is 2.30. The van der Waals surface area contributed by atoms with Crippen molar-refractivity contribution in [3.8, 4) is 0 Å². The predicted octanol–water partition coefficient (Wildman–Crippen LogP) is 1.58. The highest BCUT2D eigenvalue weighted by molar-refractivity contribution is 5.85. The number of hydrogen-bond donors (Lipinski definition) is 1. The average Bonchev–Trinajstić information content (AvgIpc) is 2.81. The fourth-order valence-corrected chi connectivity index (χ4v) is 2.75. The first-order chi connectivity index (χ1) is 8.20. The van der Waals surface area contributed by atoms with Gasteiger partial charge in [-0.3, -0.25) is 4.79 Å². The summed E-state index contributed by atoms with van der Waals surface area (Å²) in [6.07, 6.45) is 4.16. The molecule has 1 N–H and O–H groups in total. The fourth-order valence-electron chi connectivity index (χ4n) is 2.75. The number of morpholine rings is 1. The van der Waals surface area contributed by atoms with Gasteiger partial charge in [0, 0.05) is 19.0 Å². The molecule has 2 saturated heterocycles. The van der Waals surface area contributed by atoms with Gasteiger partial charge in [-0.25, -0.2) is 0 Å². The van der Waals surface area contributed by atoms with Crippen molar-refractivity contribution < 1.29 is 9.53 Å². The second kappa shape index (κ2) is 7.31. The lowest BCUT2D eigenvalue weighted by atomic mass is 10.1. The molecule has 0 aromatic rings. The third-order valence-electron chi connectivity index (χ3n) is 3.84. The summed E-state index contributed by atoms with van der Waals surface area (Å²) < 4.78 is 5.62. The lowest BCUT2D eigenvalue weighted by Crippen LogP contribution is -2.52. The van der Waals surface area contributed by atoms with Gasteiger partial charge in [-0.1, -0.05) is 6.92 Å². The Balaban J connectivity index is 0.00000162. The number of hydrogen-bond acceptors (Lipinski definition) is 3. The van der Waals surface area contributed by atoms with Crippen LogP contribution in [-0.4, -0.2) is 48.7 Å². The van der Waals surface area contributed by atoms with Gasteiger partial charge < -0.3 is 15.0 Å². The number of carbonyl (C=O) groups is 1. The molecular formula is C13H25ClN2O2. The highest BCUT2D eigenvalue weighted by Crippen LogP contribution is 2.18. The van der Waals surface area contributed by atoms with E-state index in [9.17, 15) is 4.79 Å². The normalized spacial score (nSPS) is 32.1. The molecule has 2 aliphatic heterocycles. The van der Waals surface area contributed by atoms with Crippen LogP contribution in [0.4, 0.5) is 0 Å². The molecule has 0 saturated carbocycles. The number of halogens is 1. The summed E-state index contributed by atoms with van der Waals surface area (Å²) in [5, 5.41) is 3.39. The number of ether oxygens (including phenoxy) is 1. The van der Waals surface area contributed by atoms with Crippen LogP contribution in [-0.2, 0) is 9.53 Å². The van der Waals surface area contributed by atoms with Gasteiger partial charge in [0.25, 0.3) is 0 Å². The van der Waals surface area contributed by atoms with E-state index < -0.39 is 0 Å². The van der Waals surface area contributed by atoms with Crippen molar-refractivity contribution in [1.82, 2.24) is 10.2 Å². The number of nitrogens with one attached hydrogen (secondary N) is 1. The standard InChI is InChI=1S/C13H24N2O2.ClH/c1-3-12-9-17-10(2)8-15(12)13(16)7-11-5-4-6-14-11;/h10-12,14H,3-9H2,1-2H3;1H. The quantitative estimate of drug-likeness (QED) is 0.851. The zero-order valence-electron chi connectivity index (χ0n) is 11.4. The lowest BCUT2D eigenvalue weighted by molar-refractivity contribution is -0.144. The van der Waals surface area contributed by atoms with E-state index in [2.05, 4.69) is 12.2 Å². The molecule has 0 aromatic carbocycles. The van der Waals surface area contributed by atoms with Crippen LogP contribution in [0.1, 0.15) is 39.5 Å². The van der Waals surface area contributed by atoms with E-state index in [1.54, 1.807) is 0 Å². The van der Waals surface area contributed by atoms with Gasteiger partial charge in [-0.2, -0.15) is 0 Å². The van der Waals surface area contributed by atoms with Crippen molar-refractivity contribution in [3.63, 3.8) is 0 Å². The minimum atomic E-state index is 0. The summed E-state index contributed by atoms with van der Waals surface area (Å²) in [6, 6.07) is 0.679. The summed E-state index contributed by atoms with van der Waals surface area (Å²) in [7, 11) is 0. The van der Waals surface area contributed by atoms with Gasteiger partial charge in [0.15, 0.2) is 0 Å². The zero-order chi connectivity index (χ0) is 12.3. The molecule has 5 heteroatoms. The SMILES string of the molecule is CCC1COC(C)CN1C(=O)CC1CCCN1.Cl. The minimum absolute atomic E-state index is 0. The van der Waals surface area contributed by atoms with Crippen LogP contribution in [0.25, 0.3) is 0 Å². The van der Waals surface area contributed by atoms with E-state index in [0.717, 1.165) is 25.9 Å². The van der Waals surface area contributed by atoms with Gasteiger partial charge in [0.05, 0.1) is 18.8 Å². The van der Waals surface area contributed by atoms with Gasteiger partial charge >= 0.3 is 0 Å². The molecule has 18 heavy (non-hydrogen) atoms. The number of nitrogens with zero attached hydrogens (tertiary/aromatic N) is 1. The second-order valence-corrected chi connectivity index (χ2v) is 5.25. The first-order valence-electron chi connectivity index (χ1n) is 6.85. The molecule has 0 spiro atoms. The fraction of sp³-hybridized carbons (Fsp3) is 0.923. The first kappa shape index (κ1) is 15.7. The average molecular weight is 277 g/mol. The molecule has 2 aliphatic rings. The Labute approximate surface area is 116 Å². The van der Waals surface area contributed by atoms with Gasteiger partial charge in [0.2, 0.25) is 5.91 Å². The van der Waals surface area contributed by atoms with Crippen molar-refractivity contribution in [2.75, 3.05) is 19.7 Å². The molecule has 4 nitrogen and oxygen atoms in total. The molecule has 0 bridgehead atoms. The first-order valence-corrected chi connectivity index (χ1v) is 6.85. The van der Waals surface area contributed by atoms with Crippen LogP contribution >= 0.6 is 12.4 Å². The summed E-state index contributed by atoms with van der Waals surface area (Å²) in [4.78, 5) is 14.3. The monoisotopic (exact) mass is 276 g/mol. The van der Waals surface area contributed by atoms with E-state index in [1.165, 1.54) is 6.42 Å². The number of carbonyl (C=O) groups excluding carboxylic acids is 1. The molecule has 3 unspecified atom stereocenters. The van der Waals surface area contributed by atoms with Crippen molar-refractivity contribution in [2.45, 2.75) is 57.7 Å². The van der Waals surface area contributed by atoms with Crippen LogP contribution in [0.5, 0.6) is 0 Å². The van der Waals surface area contributed by atoms with E-state index in [4.69, 9.17) is 4.74 Å². The lowest BCUT2D eigenvalue weighted by Gasteiger charge is -2.38. The maximum absolute atomic E-state index is 12.3. The summed E-state index contributed by atoms with van der Waals surface area (Å²) in [5.41, 5.74) is 0. The summed E-state index contributed by atoms with van der Waals surface area (Å²) in [5.74, 6) is 0.298. The molecule has 0 radical (unpaired) electrons. The zero-order valence-corrected chi connectivity index (χ0v) is 12.2. The van der Waals surface area contributed by atoms with Crippen molar-refractivity contribution in [2.24, 2.45) is 0 Å². The smallest absolute Gasteiger partial charge is 0.224 e. The predicted molar refractivity (Wildman–Crippen MR) is 74.1 cm³/mol. The van der Waals surface area contributed by atoms with Crippen LogP contribution in [0.2, 0.25) is 0 Å². The molecule has 2 fully saturated rings. The van der Waals surface area contributed by atoms with E-state index in [-0.39, 0.29) is 24.6 Å². The van der Waals surface area contributed by atoms with Crippen LogP contribution in [0, 0.1) is 0 Å². The largest absolute Gasteiger partial charge is 0.375 e. The van der Waals surface area contributed by atoms with E-state index in [1.807, 2.05) is 11.8 Å². The Morgan fingerprint density at radius 3 is 2.89 bits per heavy atom. The molecule has 106 valence electrons. The topological polar surface area (TPSA) is 41.6 Å². The number of rotatable bonds is 3. The minimum Gasteiger partial charge on any atom is -0.375 e. The van der Waals surface area contributed by atoms with Gasteiger partial charge in [-0.15, -0.1) is 12.4 Å². The Morgan fingerprint density at radius 2 is 2.28 bits per heavy atom. The molecule has 2 rings (SSSR count). The maximum atomic E-state index is 12.3. The van der Waals surface area contributed by atoms with Gasteiger partial charge in [-0.05, 0) is 32.7 Å². The Bertz CT molecular complexity index is 270. The Kier molecular flexibility index (Phi) is 6.39. The van der Waals surface area contributed by atoms with Crippen LogP contribution in [0.15, 0.2) is 0 Å². The van der Waals surface area contributed by atoms with Crippen molar-refractivity contribution >= 4 is 18.3 Å². The molecule has 0 aromatic heterocycles. The van der Waals surface area contributed by atoms with Crippen LogP contribution in [0.3, 0.4) is 0 Å². The molecule has 0 aliphatic carbocycles. The molecule has 2 heterocycles. The Hall–Kier alpha value is -0.320. The molecule has 1 amide bonds. The Morgan fingerprint density at radius 1 is 1.50 bits per heavy atom. The number of amides is 1. The maximum Gasteiger partial charge on any atom is 0.224 e. The van der Waals surface area contributed by atoms with E-state index in [0.29, 0.717) is 25.0 Å². The van der Waals surface area contributed by atoms with Crippen LogP contribution < -0.4 is 5.32 Å². The van der Waals surface area contributed by atoms with E-state index >= 15 is 0 Å². The highest BCUT2D eigenvalue weighted by atomic mass is 35.5. The van der Waals surface area contributed by atoms with Gasteiger partial charge in [0.1, 0.15) is 0 Å². The third kappa shape index (κ3) is 3.84.